The van der Waals surface area contributed by atoms with Gasteiger partial charge in [0, 0.05) is 5.02 Å². The lowest BCUT2D eigenvalue weighted by atomic mass is 9.72. The quantitative estimate of drug-likeness (QED) is 0.843. The van der Waals surface area contributed by atoms with Crippen LogP contribution in [0.1, 0.15) is 50.7 Å². The first-order valence-corrected chi connectivity index (χ1v) is 8.91. The van der Waals surface area contributed by atoms with E-state index in [2.05, 4.69) is 19.2 Å². The Hall–Kier alpha value is -1.55. The lowest BCUT2D eigenvalue weighted by molar-refractivity contribution is -0.149. The summed E-state index contributed by atoms with van der Waals surface area (Å²) in [5.41, 5.74) is 0.682. The molecule has 5 heteroatoms. The third-order valence-electron chi connectivity index (χ3n) is 5.27. The smallest absolute Gasteiger partial charge is 0.329 e. The van der Waals surface area contributed by atoms with Crippen molar-refractivity contribution >= 4 is 23.5 Å². The highest BCUT2D eigenvalue weighted by Gasteiger charge is 2.43. The highest BCUT2D eigenvalue weighted by atomic mass is 35.5. The van der Waals surface area contributed by atoms with Gasteiger partial charge in [-0.15, -0.1) is 0 Å². The van der Waals surface area contributed by atoms with Crippen LogP contribution in [0, 0.1) is 18.8 Å². The third-order valence-corrected chi connectivity index (χ3v) is 5.51. The third kappa shape index (κ3) is 4.29. The number of nitrogens with one attached hydrogen (secondary N) is 1. The van der Waals surface area contributed by atoms with Gasteiger partial charge in [0.25, 0.3) is 0 Å². The SMILES string of the molecule is Cc1cc(Cl)ccc1CC(=O)NC1(C(=O)O)CCC(C(C)C)CC1. The van der Waals surface area contributed by atoms with Gasteiger partial charge < -0.3 is 10.4 Å². The first kappa shape index (κ1) is 18.8. The number of hydrogen-bond acceptors (Lipinski definition) is 2. The second kappa shape index (κ2) is 7.56. The minimum absolute atomic E-state index is 0.172. The van der Waals surface area contributed by atoms with Crippen LogP contribution in [0.2, 0.25) is 5.02 Å². The minimum atomic E-state index is -1.12. The number of aliphatic carboxylic acids is 1. The molecule has 0 unspecified atom stereocenters. The highest BCUT2D eigenvalue weighted by Crippen LogP contribution is 2.36. The van der Waals surface area contributed by atoms with Crippen LogP contribution in [0.15, 0.2) is 18.2 Å². The molecule has 4 nitrogen and oxygen atoms in total. The summed E-state index contributed by atoms with van der Waals surface area (Å²) in [6.07, 6.45) is 2.84. The van der Waals surface area contributed by atoms with Crippen LogP contribution in [0.4, 0.5) is 0 Å². The van der Waals surface area contributed by atoms with Crippen molar-refractivity contribution in [3.05, 3.63) is 34.3 Å². The van der Waals surface area contributed by atoms with E-state index in [1.165, 1.54) is 0 Å². The van der Waals surface area contributed by atoms with Crippen molar-refractivity contribution in [1.29, 1.82) is 0 Å². The van der Waals surface area contributed by atoms with Crippen LogP contribution >= 0.6 is 11.6 Å². The van der Waals surface area contributed by atoms with Crippen LogP contribution in [0.5, 0.6) is 0 Å². The molecule has 0 saturated heterocycles. The van der Waals surface area contributed by atoms with E-state index in [1.807, 2.05) is 19.1 Å². The molecule has 1 amide bonds. The van der Waals surface area contributed by atoms with Gasteiger partial charge in [0.1, 0.15) is 5.54 Å². The monoisotopic (exact) mass is 351 g/mol. The summed E-state index contributed by atoms with van der Waals surface area (Å²) in [4.78, 5) is 24.3. The highest BCUT2D eigenvalue weighted by molar-refractivity contribution is 6.30. The topological polar surface area (TPSA) is 66.4 Å². The number of benzene rings is 1. The predicted octanol–water partition coefficient (Wildman–Crippen LogP) is 3.98. The normalized spacial score (nSPS) is 24.0. The van der Waals surface area contributed by atoms with Crippen molar-refractivity contribution in [1.82, 2.24) is 5.32 Å². The van der Waals surface area contributed by atoms with Crippen molar-refractivity contribution in [3.63, 3.8) is 0 Å². The molecule has 24 heavy (non-hydrogen) atoms. The maximum absolute atomic E-state index is 12.4. The molecule has 0 aliphatic heterocycles. The first-order chi connectivity index (χ1) is 11.2. The van der Waals surface area contributed by atoms with Crippen LogP contribution < -0.4 is 5.32 Å². The Kier molecular flexibility index (Phi) is 5.92. The summed E-state index contributed by atoms with van der Waals surface area (Å²) in [6, 6.07) is 5.38. The Morgan fingerprint density at radius 2 is 1.96 bits per heavy atom. The summed E-state index contributed by atoms with van der Waals surface area (Å²) < 4.78 is 0. The fourth-order valence-electron chi connectivity index (χ4n) is 3.53. The second-order valence-electron chi connectivity index (χ2n) is 7.26. The van der Waals surface area contributed by atoms with E-state index < -0.39 is 11.5 Å². The van der Waals surface area contributed by atoms with Crippen molar-refractivity contribution in [3.8, 4) is 0 Å². The van der Waals surface area contributed by atoms with Gasteiger partial charge in [0.2, 0.25) is 5.91 Å². The fraction of sp³-hybridized carbons (Fsp3) is 0.579. The predicted molar refractivity (Wildman–Crippen MR) is 95.2 cm³/mol. The molecule has 0 radical (unpaired) electrons. The summed E-state index contributed by atoms with van der Waals surface area (Å²) in [7, 11) is 0. The zero-order valence-electron chi connectivity index (χ0n) is 14.6. The molecule has 1 aromatic carbocycles. The standard InChI is InChI=1S/C19H26ClNO3/c1-12(2)14-6-8-19(9-7-14,18(23)24)21-17(22)11-15-4-5-16(20)10-13(15)3/h4-5,10,12,14H,6-9,11H2,1-3H3,(H,21,22)(H,23,24). The number of carboxylic acid groups (broad SMARTS) is 1. The van der Waals surface area contributed by atoms with E-state index in [0.717, 1.165) is 24.0 Å². The average molecular weight is 352 g/mol. The number of rotatable bonds is 5. The Balaban J connectivity index is 2.05. The summed E-state index contributed by atoms with van der Waals surface area (Å²) in [5.74, 6) is -0.0891. The minimum Gasteiger partial charge on any atom is -0.480 e. The van der Waals surface area contributed by atoms with Crippen molar-refractivity contribution in [2.24, 2.45) is 11.8 Å². The average Bonchev–Trinajstić information content (AvgIpc) is 2.50. The van der Waals surface area contributed by atoms with Crippen LogP contribution in [-0.4, -0.2) is 22.5 Å². The number of hydrogen-bond donors (Lipinski definition) is 2. The van der Waals surface area contributed by atoms with Gasteiger partial charge in [0.15, 0.2) is 0 Å². The number of carbonyl (C=O) groups excluding carboxylic acids is 1. The van der Waals surface area contributed by atoms with Gasteiger partial charge in [-0.25, -0.2) is 4.79 Å². The Bertz CT molecular complexity index is 619. The number of halogens is 1. The lowest BCUT2D eigenvalue weighted by Crippen LogP contribution is -2.57. The zero-order valence-corrected chi connectivity index (χ0v) is 15.3. The molecular formula is C19H26ClNO3. The van der Waals surface area contributed by atoms with Gasteiger partial charge in [-0.05, 0) is 67.7 Å². The maximum Gasteiger partial charge on any atom is 0.329 e. The molecule has 0 aromatic heterocycles. The number of carbonyl (C=O) groups is 2. The Morgan fingerprint density at radius 1 is 1.33 bits per heavy atom. The van der Waals surface area contributed by atoms with Crippen molar-refractivity contribution < 1.29 is 14.7 Å². The van der Waals surface area contributed by atoms with E-state index in [9.17, 15) is 14.7 Å². The molecule has 1 aliphatic rings. The molecular weight excluding hydrogens is 326 g/mol. The molecule has 0 spiro atoms. The van der Waals surface area contributed by atoms with Gasteiger partial charge >= 0.3 is 5.97 Å². The molecule has 2 N–H and O–H groups in total. The molecule has 1 aromatic rings. The van der Waals surface area contributed by atoms with Gasteiger partial charge in [-0.2, -0.15) is 0 Å². The van der Waals surface area contributed by atoms with Gasteiger partial charge in [-0.1, -0.05) is 31.5 Å². The van der Waals surface area contributed by atoms with Crippen LogP contribution in [-0.2, 0) is 16.0 Å². The zero-order chi connectivity index (χ0) is 17.9. The number of amides is 1. The van der Waals surface area contributed by atoms with Crippen molar-refractivity contribution in [2.45, 2.75) is 58.4 Å². The molecule has 0 heterocycles. The molecule has 1 saturated carbocycles. The molecule has 1 fully saturated rings. The van der Waals surface area contributed by atoms with Gasteiger partial charge in [-0.3, -0.25) is 4.79 Å². The first-order valence-electron chi connectivity index (χ1n) is 8.53. The molecule has 0 atom stereocenters. The summed E-state index contributed by atoms with van der Waals surface area (Å²) >= 11 is 5.93. The van der Waals surface area contributed by atoms with Crippen LogP contribution in [0.3, 0.4) is 0 Å². The summed E-state index contributed by atoms with van der Waals surface area (Å²) in [6.45, 7) is 6.23. The Labute approximate surface area is 148 Å². The molecule has 132 valence electrons. The fourth-order valence-corrected chi connectivity index (χ4v) is 3.76. The van der Waals surface area contributed by atoms with E-state index in [-0.39, 0.29) is 12.3 Å². The van der Waals surface area contributed by atoms with Gasteiger partial charge in [0.05, 0.1) is 6.42 Å². The van der Waals surface area contributed by atoms with E-state index in [4.69, 9.17) is 11.6 Å². The lowest BCUT2D eigenvalue weighted by Gasteiger charge is -2.38. The van der Waals surface area contributed by atoms with E-state index in [0.29, 0.717) is 29.7 Å². The van der Waals surface area contributed by atoms with Crippen LogP contribution in [0.25, 0.3) is 0 Å². The Morgan fingerprint density at radius 3 is 2.46 bits per heavy atom. The largest absolute Gasteiger partial charge is 0.480 e. The maximum atomic E-state index is 12.4. The molecule has 2 rings (SSSR count). The van der Waals surface area contributed by atoms with E-state index >= 15 is 0 Å². The summed E-state index contributed by atoms with van der Waals surface area (Å²) in [5, 5.41) is 13.1. The second-order valence-corrected chi connectivity index (χ2v) is 7.70. The molecule has 1 aliphatic carbocycles. The number of carboxylic acids is 1. The number of aryl methyl sites for hydroxylation is 1. The molecule has 0 bridgehead atoms. The van der Waals surface area contributed by atoms with Crippen molar-refractivity contribution in [2.75, 3.05) is 0 Å². The van der Waals surface area contributed by atoms with E-state index in [1.54, 1.807) is 6.07 Å².